The maximum absolute atomic E-state index is 11.8. The van der Waals surface area contributed by atoms with Crippen LogP contribution in [0.1, 0.15) is 29.1 Å². The molecule has 0 aliphatic rings. The Hall–Kier alpha value is 0.0127. The van der Waals surface area contributed by atoms with Gasteiger partial charge in [0.25, 0.3) is 0 Å². The summed E-state index contributed by atoms with van der Waals surface area (Å²) in [6.45, 7) is 0. The van der Waals surface area contributed by atoms with Crippen LogP contribution in [0, 0.1) is 12.3 Å². The van der Waals surface area contributed by atoms with Gasteiger partial charge in [0, 0.05) is 11.6 Å². The molecule has 0 bridgehead atoms. The number of carbonyl (C=O) groups excluding carboxylic acids is 1. The zero-order chi connectivity index (χ0) is 15.2. The number of terminal acetylenes is 1. The molecule has 0 unspecified atom stereocenters. The summed E-state index contributed by atoms with van der Waals surface area (Å²) in [5.41, 5.74) is 0.637. The molecule has 0 aliphatic carbocycles. The van der Waals surface area contributed by atoms with Crippen LogP contribution < -0.4 is 108 Å². The number of benzene rings is 2. The van der Waals surface area contributed by atoms with E-state index in [0.717, 1.165) is 0 Å². The largest absolute Gasteiger partial charge is 1.00 e. The molecule has 0 spiro atoms. The van der Waals surface area contributed by atoms with Crippen LogP contribution in [-0.4, -0.2) is 17.0 Å². The molecule has 0 atom stereocenters. The fourth-order valence-corrected chi connectivity index (χ4v) is 1.55. The molecular weight excluding hydrogens is 350 g/mol. The first kappa shape index (κ1) is 23.0. The van der Waals surface area contributed by atoms with Crippen LogP contribution in [0.3, 0.4) is 0 Å². The van der Waals surface area contributed by atoms with E-state index in [1.165, 1.54) is 30.3 Å². The summed E-state index contributed by atoms with van der Waals surface area (Å²) >= 11 is 0. The van der Waals surface area contributed by atoms with Crippen molar-refractivity contribution in [1.29, 1.82) is 0 Å². The topological polar surface area (TPSA) is 72.8 Å². The zero-order valence-electron chi connectivity index (χ0n) is 14.8. The van der Waals surface area contributed by atoms with Crippen LogP contribution in [0.2, 0.25) is 0 Å². The average Bonchev–Trinajstić information content (AvgIpc) is 2.53. The summed E-state index contributed by atoms with van der Waals surface area (Å²) in [5, 5.41) is 8.85. The fourth-order valence-electron chi connectivity index (χ4n) is 1.55. The molecule has 23 heavy (non-hydrogen) atoms. The standard InChI is InChI=1S/C16H10O5.2K.2H/c1-2-11-5-3-8-14(9-11)20-21-16(19)13-7-4-6-12(10-13)15(17)18;;;;/h1,3-10H,(H,17,18);;;;/q;2*+1;2*-1. The molecule has 2 rings (SSSR count). The smallest absolute Gasteiger partial charge is 1.00 e. The third-order valence-corrected chi connectivity index (χ3v) is 2.56. The van der Waals surface area contributed by atoms with Gasteiger partial charge in [0.15, 0.2) is 5.75 Å². The summed E-state index contributed by atoms with van der Waals surface area (Å²) in [7, 11) is 0. The fraction of sp³-hybridized carbons (Fsp3) is 0. The second-order valence-electron chi connectivity index (χ2n) is 4.01. The van der Waals surface area contributed by atoms with E-state index in [-0.39, 0.29) is 122 Å². The van der Waals surface area contributed by atoms with Crippen LogP contribution in [0.25, 0.3) is 0 Å². The Bertz CT molecular complexity index is 747. The monoisotopic (exact) mass is 362 g/mol. The minimum absolute atomic E-state index is 0. The molecule has 2 aromatic carbocycles. The number of carbonyl (C=O) groups is 2. The van der Waals surface area contributed by atoms with E-state index in [1.54, 1.807) is 18.2 Å². The Morgan fingerprint density at radius 3 is 2.35 bits per heavy atom. The Kier molecular flexibility index (Phi) is 11.6. The number of carboxylic acids is 1. The molecule has 0 heterocycles. The van der Waals surface area contributed by atoms with Gasteiger partial charge in [-0.1, -0.05) is 18.1 Å². The molecular formula is C16H12K2O5. The summed E-state index contributed by atoms with van der Waals surface area (Å²) < 4.78 is 0. The predicted molar refractivity (Wildman–Crippen MR) is 76.0 cm³/mol. The predicted octanol–water partition coefficient (Wildman–Crippen LogP) is -3.25. The van der Waals surface area contributed by atoms with Gasteiger partial charge in [-0.15, -0.1) is 6.42 Å². The molecule has 0 aliphatic heterocycles. The van der Waals surface area contributed by atoms with Gasteiger partial charge in [0.2, 0.25) is 0 Å². The third kappa shape index (κ3) is 7.19. The summed E-state index contributed by atoms with van der Waals surface area (Å²) in [5.74, 6) is 0.759. The molecule has 2 aromatic rings. The Balaban J connectivity index is -0.00000121. The average molecular weight is 362 g/mol. The third-order valence-electron chi connectivity index (χ3n) is 2.56. The first-order valence-electron chi connectivity index (χ1n) is 5.89. The van der Waals surface area contributed by atoms with E-state index >= 15 is 0 Å². The van der Waals surface area contributed by atoms with Crippen LogP contribution in [-0.2, 0) is 4.89 Å². The minimum atomic E-state index is -1.13. The minimum Gasteiger partial charge on any atom is -1.00 e. The molecule has 0 amide bonds. The number of hydrogen-bond donors (Lipinski definition) is 1. The van der Waals surface area contributed by atoms with Gasteiger partial charge in [-0.2, -0.15) is 0 Å². The molecule has 5 nitrogen and oxygen atoms in total. The number of hydrogen-bond acceptors (Lipinski definition) is 4. The summed E-state index contributed by atoms with van der Waals surface area (Å²) in [4.78, 5) is 32.1. The van der Waals surface area contributed by atoms with Crippen molar-refractivity contribution in [1.82, 2.24) is 0 Å². The van der Waals surface area contributed by atoms with Gasteiger partial charge in [-0.3, -0.25) is 4.89 Å². The van der Waals surface area contributed by atoms with E-state index in [2.05, 4.69) is 10.8 Å². The van der Waals surface area contributed by atoms with E-state index in [0.29, 0.717) is 5.56 Å². The van der Waals surface area contributed by atoms with Gasteiger partial charge in [-0.25, -0.2) is 14.5 Å². The Morgan fingerprint density at radius 2 is 1.70 bits per heavy atom. The van der Waals surface area contributed by atoms with Crippen molar-refractivity contribution in [3.8, 4) is 18.1 Å². The number of carboxylic acid groups (broad SMARTS) is 1. The van der Waals surface area contributed by atoms with Gasteiger partial charge in [-0.05, 0) is 30.3 Å². The van der Waals surface area contributed by atoms with Crippen molar-refractivity contribution in [3.05, 3.63) is 65.2 Å². The van der Waals surface area contributed by atoms with Crippen molar-refractivity contribution in [2.45, 2.75) is 0 Å². The van der Waals surface area contributed by atoms with Crippen molar-refractivity contribution in [2.24, 2.45) is 0 Å². The molecule has 0 aromatic heterocycles. The van der Waals surface area contributed by atoms with Crippen LogP contribution in [0.5, 0.6) is 5.75 Å². The quantitative estimate of drug-likeness (QED) is 0.268. The molecule has 108 valence electrons. The molecule has 0 saturated carbocycles. The normalized spacial score (nSPS) is 8.65. The summed E-state index contributed by atoms with van der Waals surface area (Å²) in [6.07, 6.45) is 5.24. The zero-order valence-corrected chi connectivity index (χ0v) is 19.0. The first-order valence-corrected chi connectivity index (χ1v) is 5.89. The maximum Gasteiger partial charge on any atom is 1.00 e. The molecule has 0 saturated heterocycles. The van der Waals surface area contributed by atoms with E-state index < -0.39 is 11.9 Å². The summed E-state index contributed by atoms with van der Waals surface area (Å²) in [6, 6.07) is 11.9. The van der Waals surface area contributed by atoms with Crippen molar-refractivity contribution in [2.75, 3.05) is 0 Å². The molecule has 1 N–H and O–H groups in total. The SMILES string of the molecule is C#Cc1cccc(OOC(=O)c2cccc(C(=O)O)c2)c1.[H-].[H-].[K+].[K+]. The van der Waals surface area contributed by atoms with Gasteiger partial charge in [0.1, 0.15) is 0 Å². The Labute approximate surface area is 221 Å². The Morgan fingerprint density at radius 1 is 1.04 bits per heavy atom. The van der Waals surface area contributed by atoms with Crippen LogP contribution in [0.15, 0.2) is 48.5 Å². The van der Waals surface area contributed by atoms with Gasteiger partial charge < -0.3 is 7.96 Å². The van der Waals surface area contributed by atoms with Crippen molar-refractivity contribution >= 4 is 11.9 Å². The van der Waals surface area contributed by atoms with Crippen LogP contribution >= 0.6 is 0 Å². The molecule has 0 fully saturated rings. The van der Waals surface area contributed by atoms with Crippen molar-refractivity contribution < 1.29 is 130 Å². The number of rotatable bonds is 4. The van der Waals surface area contributed by atoms with Gasteiger partial charge >= 0.3 is 115 Å². The molecule has 7 heteroatoms. The maximum atomic E-state index is 11.8. The number of aromatic carboxylic acids is 1. The second-order valence-corrected chi connectivity index (χ2v) is 4.01. The van der Waals surface area contributed by atoms with Crippen molar-refractivity contribution in [3.63, 3.8) is 0 Å². The van der Waals surface area contributed by atoms with E-state index in [9.17, 15) is 9.59 Å². The van der Waals surface area contributed by atoms with E-state index in [4.69, 9.17) is 16.4 Å². The van der Waals surface area contributed by atoms with Crippen LogP contribution in [0.4, 0.5) is 0 Å². The molecule has 0 radical (unpaired) electrons. The second kappa shape index (κ2) is 11.5. The van der Waals surface area contributed by atoms with E-state index in [1.807, 2.05) is 0 Å². The van der Waals surface area contributed by atoms with Gasteiger partial charge in [0.05, 0.1) is 11.1 Å². The first-order chi connectivity index (χ1) is 10.1.